The van der Waals surface area contributed by atoms with Gasteiger partial charge in [-0.3, -0.25) is 4.79 Å². The summed E-state index contributed by atoms with van der Waals surface area (Å²) in [5.41, 5.74) is 2.65. The van der Waals surface area contributed by atoms with E-state index in [1.165, 1.54) is 12.1 Å². The Kier molecular flexibility index (Phi) is 4.73. The van der Waals surface area contributed by atoms with Gasteiger partial charge in [0.15, 0.2) is 0 Å². The first-order chi connectivity index (χ1) is 13.1. The van der Waals surface area contributed by atoms with Gasteiger partial charge in [-0.15, -0.1) is 11.3 Å². The molecule has 0 bridgehead atoms. The van der Waals surface area contributed by atoms with Crippen molar-refractivity contribution in [2.75, 3.05) is 0 Å². The maximum Gasteiger partial charge on any atom is 0.240 e. The molecule has 4 rings (SSSR count). The number of rotatable bonds is 5. The highest BCUT2D eigenvalue weighted by Gasteiger charge is 2.19. The fraction of sp³-hybridized carbons (Fsp3) is 0.143. The Hall–Kier alpha value is -2.99. The first-order valence-corrected chi connectivity index (χ1v) is 9.50. The maximum absolute atomic E-state index is 13.3. The van der Waals surface area contributed by atoms with Crippen LogP contribution in [0.15, 0.2) is 66.0 Å². The van der Waals surface area contributed by atoms with Crippen LogP contribution in [0.3, 0.4) is 0 Å². The number of amides is 1. The number of aryl methyl sites for hydroxylation is 1. The van der Waals surface area contributed by atoms with E-state index in [0.29, 0.717) is 0 Å². The van der Waals surface area contributed by atoms with Crippen LogP contribution in [0.2, 0.25) is 0 Å². The SMILES string of the molecule is Cc1nc2ccccc2n1CC(=O)N[C@H](c1ccc(F)cc1)c1cccs1. The smallest absolute Gasteiger partial charge is 0.240 e. The summed E-state index contributed by atoms with van der Waals surface area (Å²) in [7, 11) is 0. The van der Waals surface area contributed by atoms with E-state index in [1.54, 1.807) is 23.5 Å². The predicted octanol–water partition coefficient (Wildman–Crippen LogP) is 4.45. The Morgan fingerprint density at radius 2 is 1.93 bits per heavy atom. The molecule has 1 atom stereocenters. The van der Waals surface area contributed by atoms with E-state index < -0.39 is 0 Å². The number of aromatic nitrogens is 2. The summed E-state index contributed by atoms with van der Waals surface area (Å²) in [6, 6.07) is 17.6. The molecule has 2 aromatic heterocycles. The Morgan fingerprint density at radius 3 is 2.67 bits per heavy atom. The molecule has 0 aliphatic rings. The van der Waals surface area contributed by atoms with E-state index in [9.17, 15) is 9.18 Å². The lowest BCUT2D eigenvalue weighted by Crippen LogP contribution is -2.32. The molecule has 136 valence electrons. The van der Waals surface area contributed by atoms with Crippen LogP contribution in [0, 0.1) is 12.7 Å². The molecule has 4 nitrogen and oxygen atoms in total. The molecule has 0 saturated carbocycles. The molecule has 27 heavy (non-hydrogen) atoms. The molecular formula is C21H18FN3OS. The second-order valence-electron chi connectivity index (χ2n) is 6.30. The van der Waals surface area contributed by atoms with Crippen LogP contribution in [0.25, 0.3) is 11.0 Å². The third-order valence-corrected chi connectivity index (χ3v) is 5.42. The number of hydrogen-bond acceptors (Lipinski definition) is 3. The van der Waals surface area contributed by atoms with Gasteiger partial charge in [0.1, 0.15) is 18.2 Å². The van der Waals surface area contributed by atoms with Gasteiger partial charge < -0.3 is 9.88 Å². The zero-order valence-electron chi connectivity index (χ0n) is 14.7. The predicted molar refractivity (Wildman–Crippen MR) is 105 cm³/mol. The average Bonchev–Trinajstić information content (AvgIpc) is 3.29. The quantitative estimate of drug-likeness (QED) is 0.557. The Labute approximate surface area is 160 Å². The van der Waals surface area contributed by atoms with Crippen molar-refractivity contribution in [3.63, 3.8) is 0 Å². The molecule has 1 amide bonds. The van der Waals surface area contributed by atoms with Gasteiger partial charge in [-0.25, -0.2) is 9.37 Å². The highest BCUT2D eigenvalue weighted by molar-refractivity contribution is 7.10. The van der Waals surface area contributed by atoms with Crippen LogP contribution in [0.1, 0.15) is 22.3 Å². The molecule has 1 N–H and O–H groups in total. The van der Waals surface area contributed by atoms with Crippen molar-refractivity contribution in [1.82, 2.24) is 14.9 Å². The fourth-order valence-corrected chi connectivity index (χ4v) is 3.98. The zero-order valence-corrected chi connectivity index (χ0v) is 15.5. The van der Waals surface area contributed by atoms with Gasteiger partial charge in [0.2, 0.25) is 5.91 Å². The molecule has 2 heterocycles. The second kappa shape index (κ2) is 7.32. The summed E-state index contributed by atoms with van der Waals surface area (Å²) in [5.74, 6) is 0.375. The van der Waals surface area contributed by atoms with Crippen LogP contribution in [0.4, 0.5) is 4.39 Å². The lowest BCUT2D eigenvalue weighted by molar-refractivity contribution is -0.122. The number of hydrogen-bond donors (Lipinski definition) is 1. The van der Waals surface area contributed by atoms with E-state index in [0.717, 1.165) is 27.3 Å². The molecular weight excluding hydrogens is 361 g/mol. The molecule has 0 aliphatic heterocycles. The topological polar surface area (TPSA) is 46.9 Å². The lowest BCUT2D eigenvalue weighted by atomic mass is 10.1. The van der Waals surface area contributed by atoms with Gasteiger partial charge in [-0.2, -0.15) is 0 Å². The Bertz CT molecular complexity index is 1070. The highest BCUT2D eigenvalue weighted by atomic mass is 32.1. The minimum Gasteiger partial charge on any atom is -0.343 e. The number of benzene rings is 2. The first-order valence-electron chi connectivity index (χ1n) is 8.62. The molecule has 6 heteroatoms. The summed E-state index contributed by atoms with van der Waals surface area (Å²) < 4.78 is 15.2. The standard InChI is InChI=1S/C21H18FN3OS/c1-14-23-17-5-2-3-6-18(17)25(14)13-20(26)24-21(19-7-4-12-27-19)15-8-10-16(22)11-9-15/h2-12,21H,13H2,1H3,(H,24,26)/t21-/m1/s1. The number of halogens is 1. The van der Waals surface area contributed by atoms with Crippen molar-refractivity contribution in [2.45, 2.75) is 19.5 Å². The first kappa shape index (κ1) is 17.4. The number of carbonyl (C=O) groups excluding carboxylic acids is 1. The number of carbonyl (C=O) groups is 1. The minimum absolute atomic E-state index is 0.121. The second-order valence-corrected chi connectivity index (χ2v) is 7.28. The van der Waals surface area contributed by atoms with Crippen molar-refractivity contribution in [3.05, 3.63) is 88.1 Å². The van der Waals surface area contributed by atoms with E-state index in [-0.39, 0.29) is 24.3 Å². The van der Waals surface area contributed by atoms with Crippen molar-refractivity contribution in [2.24, 2.45) is 0 Å². The van der Waals surface area contributed by atoms with Crippen molar-refractivity contribution in [1.29, 1.82) is 0 Å². The van der Waals surface area contributed by atoms with Gasteiger partial charge in [0.25, 0.3) is 0 Å². The van der Waals surface area contributed by atoms with E-state index in [4.69, 9.17) is 0 Å². The molecule has 4 aromatic rings. The number of imidazole rings is 1. The number of thiophene rings is 1. The number of nitrogens with one attached hydrogen (secondary N) is 1. The number of nitrogens with zero attached hydrogens (tertiary/aromatic N) is 2. The van der Waals surface area contributed by atoms with Crippen LogP contribution in [-0.4, -0.2) is 15.5 Å². The minimum atomic E-state index is -0.312. The average molecular weight is 379 g/mol. The summed E-state index contributed by atoms with van der Waals surface area (Å²) in [5, 5.41) is 5.05. The normalized spacial score (nSPS) is 12.2. The van der Waals surface area contributed by atoms with Gasteiger partial charge >= 0.3 is 0 Å². The van der Waals surface area contributed by atoms with Crippen molar-refractivity contribution >= 4 is 28.3 Å². The Balaban J connectivity index is 1.60. The zero-order chi connectivity index (χ0) is 18.8. The van der Waals surface area contributed by atoms with E-state index >= 15 is 0 Å². The summed E-state index contributed by atoms with van der Waals surface area (Å²) in [4.78, 5) is 18.3. The third kappa shape index (κ3) is 3.61. The van der Waals surface area contributed by atoms with Gasteiger partial charge in [-0.05, 0) is 48.2 Å². The molecule has 0 unspecified atom stereocenters. The summed E-state index contributed by atoms with van der Waals surface area (Å²) in [6.45, 7) is 2.07. The van der Waals surface area contributed by atoms with Crippen molar-refractivity contribution in [3.8, 4) is 0 Å². The molecule has 0 saturated heterocycles. The third-order valence-electron chi connectivity index (χ3n) is 4.48. The number of para-hydroxylation sites is 2. The van der Waals surface area contributed by atoms with Gasteiger partial charge in [-0.1, -0.05) is 30.3 Å². The van der Waals surface area contributed by atoms with Gasteiger partial charge in [0, 0.05) is 4.88 Å². The molecule has 2 aromatic carbocycles. The Morgan fingerprint density at radius 1 is 1.15 bits per heavy atom. The fourth-order valence-electron chi connectivity index (χ4n) is 3.18. The van der Waals surface area contributed by atoms with Gasteiger partial charge in [0.05, 0.1) is 17.1 Å². The van der Waals surface area contributed by atoms with Crippen molar-refractivity contribution < 1.29 is 9.18 Å². The largest absolute Gasteiger partial charge is 0.343 e. The van der Waals surface area contributed by atoms with E-state index in [1.807, 2.05) is 53.3 Å². The molecule has 0 fully saturated rings. The van der Waals surface area contributed by atoms with E-state index in [2.05, 4.69) is 10.3 Å². The summed E-state index contributed by atoms with van der Waals surface area (Å²) in [6.07, 6.45) is 0. The number of fused-ring (bicyclic) bond motifs is 1. The van der Waals surface area contributed by atoms with Crippen LogP contribution in [-0.2, 0) is 11.3 Å². The molecule has 0 aliphatic carbocycles. The summed E-state index contributed by atoms with van der Waals surface area (Å²) >= 11 is 1.56. The lowest BCUT2D eigenvalue weighted by Gasteiger charge is -2.19. The van der Waals surface area contributed by atoms with Crippen LogP contribution in [0.5, 0.6) is 0 Å². The highest BCUT2D eigenvalue weighted by Crippen LogP contribution is 2.26. The maximum atomic E-state index is 13.3. The van der Waals surface area contributed by atoms with Crippen LogP contribution >= 0.6 is 11.3 Å². The molecule has 0 spiro atoms. The van der Waals surface area contributed by atoms with Crippen LogP contribution < -0.4 is 5.32 Å². The molecule has 0 radical (unpaired) electrons. The monoisotopic (exact) mass is 379 g/mol.